The van der Waals surface area contributed by atoms with Crippen LogP contribution in [0.5, 0.6) is 0 Å². The van der Waals surface area contributed by atoms with Crippen LogP contribution in [0.25, 0.3) is 10.9 Å². The van der Waals surface area contributed by atoms with E-state index in [2.05, 4.69) is 27.9 Å². The molecule has 4 nitrogen and oxygen atoms in total. The van der Waals surface area contributed by atoms with E-state index in [1.165, 1.54) is 3.97 Å². The van der Waals surface area contributed by atoms with Gasteiger partial charge in [-0.1, -0.05) is 29.8 Å². The minimum absolute atomic E-state index is 0.243. The largest absolute Gasteiger partial charge is 0.306 e. The maximum Gasteiger partial charge on any atom is 0.269 e. The van der Waals surface area contributed by atoms with Crippen molar-refractivity contribution in [1.29, 1.82) is 0 Å². The van der Waals surface area contributed by atoms with Crippen molar-refractivity contribution in [3.8, 4) is 0 Å². The Bertz CT molecular complexity index is 1090. The lowest BCUT2D eigenvalue weighted by Gasteiger charge is -2.10. The van der Waals surface area contributed by atoms with Gasteiger partial charge < -0.3 is 4.90 Å². The number of aromatic nitrogens is 1. The summed E-state index contributed by atoms with van der Waals surface area (Å²) in [4.78, 5) is 2.51. The first-order valence-corrected chi connectivity index (χ1v) is 11.0. The van der Waals surface area contributed by atoms with Crippen LogP contribution in [0.3, 0.4) is 0 Å². The van der Waals surface area contributed by atoms with Crippen molar-refractivity contribution in [2.24, 2.45) is 0 Å². The van der Waals surface area contributed by atoms with Crippen molar-refractivity contribution in [3.05, 3.63) is 63.7 Å². The molecule has 1 aromatic heterocycles. The zero-order chi connectivity index (χ0) is 18.5. The van der Waals surface area contributed by atoms with Gasteiger partial charge in [-0.15, -0.1) is 0 Å². The summed E-state index contributed by atoms with van der Waals surface area (Å²) in [5, 5.41) is 1.47. The normalized spacial score (nSPS) is 18.7. The summed E-state index contributed by atoms with van der Waals surface area (Å²) in [7, 11) is -1.65. The third-order valence-corrected chi connectivity index (χ3v) is 7.89. The van der Waals surface area contributed by atoms with E-state index < -0.39 is 10.0 Å². The molecule has 0 N–H and O–H groups in total. The lowest BCUT2D eigenvalue weighted by atomic mass is 9.98. The summed E-state index contributed by atoms with van der Waals surface area (Å²) in [6, 6.07) is 12.3. The Morgan fingerprint density at radius 3 is 2.65 bits per heavy atom. The van der Waals surface area contributed by atoms with Gasteiger partial charge in [-0.25, -0.2) is 12.4 Å². The fraction of sp³-hybridized carbons (Fsp3) is 0.263. The number of hydrogen-bond donors (Lipinski definition) is 0. The van der Waals surface area contributed by atoms with Crippen LogP contribution in [0, 0.1) is 0 Å². The average Bonchev–Trinajstić information content (AvgIpc) is 3.18. The molecule has 1 aliphatic rings. The molecule has 1 saturated heterocycles. The lowest BCUT2D eigenvalue weighted by molar-refractivity contribution is 0.412. The predicted molar refractivity (Wildman–Crippen MR) is 109 cm³/mol. The third-order valence-electron chi connectivity index (χ3n) is 4.97. The molecule has 7 heteroatoms. The monoisotopic (exact) mass is 452 g/mol. The van der Waals surface area contributed by atoms with Crippen molar-refractivity contribution < 1.29 is 8.42 Å². The van der Waals surface area contributed by atoms with Gasteiger partial charge in [0.2, 0.25) is 0 Å². The molecule has 3 aromatic rings. The Balaban J connectivity index is 1.96. The van der Waals surface area contributed by atoms with Gasteiger partial charge in [0.1, 0.15) is 4.90 Å². The first-order chi connectivity index (χ1) is 12.4. The number of likely N-dealkylation sites (tertiary alicyclic amines) is 1. The topological polar surface area (TPSA) is 42.3 Å². The second kappa shape index (κ2) is 6.68. The number of nitrogens with zero attached hydrogens (tertiary/aromatic N) is 2. The Morgan fingerprint density at radius 1 is 1.19 bits per heavy atom. The van der Waals surface area contributed by atoms with Crippen molar-refractivity contribution in [1.82, 2.24) is 8.87 Å². The standard InChI is InChI=1S/C19H18BrClN2O2S/c1-22-9-8-13(11-22)16-12-23(18-10-14(21)6-7-15(16)18)26(24,25)19-5-3-2-4-17(19)20/h2-7,10,12-13H,8-9,11H2,1H3. The molecule has 1 unspecified atom stereocenters. The van der Waals surface area contributed by atoms with Crippen LogP contribution < -0.4 is 0 Å². The average molecular weight is 454 g/mol. The minimum Gasteiger partial charge on any atom is -0.306 e. The van der Waals surface area contributed by atoms with Gasteiger partial charge in [-0.3, -0.25) is 0 Å². The first kappa shape index (κ1) is 18.0. The number of halogens is 2. The van der Waals surface area contributed by atoms with Gasteiger partial charge in [-0.2, -0.15) is 0 Å². The highest BCUT2D eigenvalue weighted by atomic mass is 79.9. The van der Waals surface area contributed by atoms with Gasteiger partial charge in [-0.05, 0) is 71.7 Å². The van der Waals surface area contributed by atoms with Crippen molar-refractivity contribution >= 4 is 48.5 Å². The van der Waals surface area contributed by atoms with Crippen LogP contribution in [0.2, 0.25) is 5.02 Å². The van der Waals surface area contributed by atoms with E-state index >= 15 is 0 Å². The summed E-state index contributed by atoms with van der Waals surface area (Å²) in [5.74, 6) is 0.319. The predicted octanol–water partition coefficient (Wildman–Crippen LogP) is 4.71. The van der Waals surface area contributed by atoms with Crippen LogP contribution in [0.4, 0.5) is 0 Å². The molecule has 26 heavy (non-hydrogen) atoms. The molecular formula is C19H18BrClN2O2S. The zero-order valence-electron chi connectivity index (χ0n) is 14.2. The van der Waals surface area contributed by atoms with E-state index in [4.69, 9.17) is 11.6 Å². The lowest BCUT2D eigenvalue weighted by Crippen LogP contribution is -2.14. The van der Waals surface area contributed by atoms with Crippen molar-refractivity contribution in [2.75, 3.05) is 20.1 Å². The zero-order valence-corrected chi connectivity index (χ0v) is 17.4. The molecule has 0 amide bonds. The molecule has 1 aliphatic heterocycles. The number of rotatable bonds is 3. The molecule has 0 saturated carbocycles. The van der Waals surface area contributed by atoms with Gasteiger partial charge >= 0.3 is 0 Å². The highest BCUT2D eigenvalue weighted by molar-refractivity contribution is 9.10. The number of hydrogen-bond acceptors (Lipinski definition) is 3. The summed E-state index contributed by atoms with van der Waals surface area (Å²) >= 11 is 9.55. The van der Waals surface area contributed by atoms with Crippen molar-refractivity contribution in [2.45, 2.75) is 17.2 Å². The Kier molecular flexibility index (Phi) is 4.63. The SMILES string of the molecule is CN1CCC(c2cn(S(=O)(=O)c3ccccc3Br)c3cc(Cl)ccc23)C1. The maximum atomic E-state index is 13.4. The fourth-order valence-corrected chi connectivity index (χ4v) is 6.17. The minimum atomic E-state index is -3.74. The molecule has 0 aliphatic carbocycles. The second-order valence-electron chi connectivity index (χ2n) is 6.73. The fourth-order valence-electron chi connectivity index (χ4n) is 3.67. The summed E-state index contributed by atoms with van der Waals surface area (Å²) in [5.41, 5.74) is 1.69. The summed E-state index contributed by atoms with van der Waals surface area (Å²) in [6.07, 6.45) is 2.80. The quantitative estimate of drug-likeness (QED) is 0.576. The van der Waals surface area contributed by atoms with Crippen LogP contribution in [0.1, 0.15) is 17.9 Å². The number of fused-ring (bicyclic) bond motifs is 1. The van der Waals surface area contributed by atoms with Gasteiger partial charge in [0.25, 0.3) is 10.0 Å². The smallest absolute Gasteiger partial charge is 0.269 e. The van der Waals surface area contributed by atoms with E-state index in [0.717, 1.165) is 30.5 Å². The number of benzene rings is 2. The van der Waals surface area contributed by atoms with Crippen LogP contribution in [0.15, 0.2) is 58.0 Å². The van der Waals surface area contributed by atoms with Gasteiger partial charge in [0.15, 0.2) is 0 Å². The Labute approximate surface area is 166 Å². The summed E-state index contributed by atoms with van der Waals surface area (Å²) < 4.78 is 28.6. The van der Waals surface area contributed by atoms with Crippen LogP contribution in [-0.4, -0.2) is 37.4 Å². The molecule has 0 spiro atoms. The molecule has 1 atom stereocenters. The maximum absolute atomic E-state index is 13.4. The molecule has 1 fully saturated rings. The van der Waals surface area contributed by atoms with Crippen LogP contribution >= 0.6 is 27.5 Å². The highest BCUT2D eigenvalue weighted by Crippen LogP contribution is 2.36. The molecule has 0 bridgehead atoms. The van der Waals surface area contributed by atoms with E-state index in [9.17, 15) is 8.42 Å². The van der Waals surface area contributed by atoms with E-state index in [1.54, 1.807) is 36.5 Å². The number of likely N-dealkylation sites (N-methyl/N-ethyl adjacent to an activating group) is 1. The van der Waals surface area contributed by atoms with Crippen molar-refractivity contribution in [3.63, 3.8) is 0 Å². The van der Waals surface area contributed by atoms with Gasteiger partial charge in [0.05, 0.1) is 5.52 Å². The molecule has 2 heterocycles. The summed E-state index contributed by atoms with van der Waals surface area (Å²) in [6.45, 7) is 1.94. The third kappa shape index (κ3) is 2.99. The molecular weight excluding hydrogens is 436 g/mol. The first-order valence-electron chi connectivity index (χ1n) is 8.37. The molecule has 136 valence electrons. The van der Waals surface area contributed by atoms with Crippen LogP contribution in [-0.2, 0) is 10.0 Å². The Hall–Kier alpha value is -1.34. The molecule has 4 rings (SSSR count). The van der Waals surface area contributed by atoms with E-state index in [1.807, 2.05) is 12.1 Å². The van der Waals surface area contributed by atoms with E-state index in [-0.39, 0.29) is 4.90 Å². The highest BCUT2D eigenvalue weighted by Gasteiger charge is 2.28. The second-order valence-corrected chi connectivity index (χ2v) is 9.80. The van der Waals surface area contributed by atoms with Gasteiger partial charge in [0, 0.05) is 27.6 Å². The Morgan fingerprint density at radius 2 is 1.96 bits per heavy atom. The molecule has 0 radical (unpaired) electrons. The van der Waals surface area contributed by atoms with E-state index in [0.29, 0.717) is 20.9 Å². The molecule has 2 aromatic carbocycles.